The monoisotopic (exact) mass is 278 g/mol. The van der Waals surface area contributed by atoms with Crippen molar-refractivity contribution in [1.82, 2.24) is 0 Å². The van der Waals surface area contributed by atoms with E-state index in [0.29, 0.717) is 31.8 Å². The van der Waals surface area contributed by atoms with E-state index in [1.165, 1.54) is 5.57 Å². The third-order valence-corrected chi connectivity index (χ3v) is 3.99. The lowest BCUT2D eigenvalue weighted by molar-refractivity contribution is -0.143. The summed E-state index contributed by atoms with van der Waals surface area (Å²) in [6, 6.07) is 0. The number of Topliss-reactive ketones (excluding diaryl/α,β-unsaturated/α-hetero) is 1. The molecule has 0 spiro atoms. The van der Waals surface area contributed by atoms with Crippen molar-refractivity contribution in [3.8, 4) is 0 Å². The number of hydrogen-bond acceptors (Lipinski definition) is 3. The molecule has 0 amide bonds. The van der Waals surface area contributed by atoms with Gasteiger partial charge in [0.05, 0.1) is 6.61 Å². The summed E-state index contributed by atoms with van der Waals surface area (Å²) < 4.78 is 4.87. The van der Waals surface area contributed by atoms with Crippen LogP contribution in [0, 0.1) is 11.8 Å². The summed E-state index contributed by atoms with van der Waals surface area (Å²) >= 11 is 0. The van der Waals surface area contributed by atoms with Gasteiger partial charge in [-0.15, -0.1) is 0 Å². The topological polar surface area (TPSA) is 43.4 Å². The Bertz CT molecular complexity index is 406. The minimum atomic E-state index is -0.212. The zero-order valence-corrected chi connectivity index (χ0v) is 12.9. The average Bonchev–Trinajstić information content (AvgIpc) is 2.39. The van der Waals surface area contributed by atoms with Gasteiger partial charge >= 0.3 is 5.97 Å². The Labute approximate surface area is 122 Å². The molecule has 112 valence electrons. The van der Waals surface area contributed by atoms with Crippen molar-refractivity contribution in [2.24, 2.45) is 11.8 Å². The molecule has 0 aromatic heterocycles. The predicted molar refractivity (Wildman–Crippen MR) is 80.3 cm³/mol. The molecule has 0 heterocycles. The molecule has 20 heavy (non-hydrogen) atoms. The van der Waals surface area contributed by atoms with E-state index in [4.69, 9.17) is 4.74 Å². The molecule has 3 heteroatoms. The minimum Gasteiger partial charge on any atom is -0.466 e. The SMILES string of the molecule is C=C(C)[C@H]1CC=C(C)[C@@H](C(=O)CCCC(=O)OCC)C1. The molecule has 0 bridgehead atoms. The number of carbonyl (C=O) groups excluding carboxylic acids is 2. The third-order valence-electron chi connectivity index (χ3n) is 3.99. The molecule has 2 atom stereocenters. The highest BCUT2D eigenvalue weighted by Gasteiger charge is 2.27. The number of allylic oxidation sites excluding steroid dienone is 3. The maximum absolute atomic E-state index is 12.3. The van der Waals surface area contributed by atoms with Crippen LogP contribution in [0.3, 0.4) is 0 Å². The first-order chi connectivity index (χ1) is 9.45. The highest BCUT2D eigenvalue weighted by molar-refractivity contribution is 5.84. The lowest BCUT2D eigenvalue weighted by Crippen LogP contribution is -2.23. The van der Waals surface area contributed by atoms with Gasteiger partial charge in [0.25, 0.3) is 0 Å². The highest BCUT2D eigenvalue weighted by atomic mass is 16.5. The fourth-order valence-corrected chi connectivity index (χ4v) is 2.64. The van der Waals surface area contributed by atoms with E-state index in [-0.39, 0.29) is 17.7 Å². The fourth-order valence-electron chi connectivity index (χ4n) is 2.64. The number of esters is 1. The number of rotatable bonds is 7. The van der Waals surface area contributed by atoms with Gasteiger partial charge in [-0.3, -0.25) is 9.59 Å². The van der Waals surface area contributed by atoms with E-state index < -0.39 is 0 Å². The van der Waals surface area contributed by atoms with Crippen LogP contribution in [0.4, 0.5) is 0 Å². The van der Waals surface area contributed by atoms with E-state index in [1.54, 1.807) is 6.92 Å². The smallest absolute Gasteiger partial charge is 0.305 e. The molecule has 0 saturated carbocycles. The summed E-state index contributed by atoms with van der Waals surface area (Å²) in [5.74, 6) is 0.454. The Kier molecular flexibility index (Phi) is 6.69. The van der Waals surface area contributed by atoms with Crippen molar-refractivity contribution in [2.75, 3.05) is 6.61 Å². The van der Waals surface area contributed by atoms with Crippen LogP contribution < -0.4 is 0 Å². The van der Waals surface area contributed by atoms with Gasteiger partial charge in [-0.25, -0.2) is 0 Å². The van der Waals surface area contributed by atoms with Crippen LogP contribution in [-0.4, -0.2) is 18.4 Å². The molecule has 1 aliphatic carbocycles. The lowest BCUT2D eigenvalue weighted by atomic mass is 9.76. The highest BCUT2D eigenvalue weighted by Crippen LogP contribution is 2.34. The number of ether oxygens (including phenoxy) is 1. The lowest BCUT2D eigenvalue weighted by Gasteiger charge is -2.28. The second-order valence-electron chi connectivity index (χ2n) is 5.64. The molecule has 0 saturated heterocycles. The maximum atomic E-state index is 12.3. The molecular weight excluding hydrogens is 252 g/mol. The van der Waals surface area contributed by atoms with Crippen LogP contribution in [-0.2, 0) is 14.3 Å². The second kappa shape index (κ2) is 8.03. The van der Waals surface area contributed by atoms with Gasteiger partial charge in [0.2, 0.25) is 0 Å². The Hall–Kier alpha value is -1.38. The number of carbonyl (C=O) groups is 2. The molecule has 0 fully saturated rings. The third kappa shape index (κ3) is 4.95. The van der Waals surface area contributed by atoms with Gasteiger partial charge < -0.3 is 4.74 Å². The van der Waals surface area contributed by atoms with Crippen LogP contribution in [0.15, 0.2) is 23.8 Å². The predicted octanol–water partition coefficient (Wildman–Crippen LogP) is 3.84. The van der Waals surface area contributed by atoms with Crippen molar-refractivity contribution in [3.05, 3.63) is 23.8 Å². The van der Waals surface area contributed by atoms with Crippen molar-refractivity contribution in [1.29, 1.82) is 0 Å². The van der Waals surface area contributed by atoms with E-state index in [2.05, 4.69) is 12.7 Å². The van der Waals surface area contributed by atoms with Crippen molar-refractivity contribution < 1.29 is 14.3 Å². The van der Waals surface area contributed by atoms with E-state index >= 15 is 0 Å². The van der Waals surface area contributed by atoms with Crippen LogP contribution >= 0.6 is 0 Å². The minimum absolute atomic E-state index is 0.00708. The van der Waals surface area contributed by atoms with Crippen LogP contribution in [0.5, 0.6) is 0 Å². The summed E-state index contributed by atoms with van der Waals surface area (Å²) in [4.78, 5) is 23.5. The molecule has 3 nitrogen and oxygen atoms in total. The molecule has 0 aliphatic heterocycles. The Morgan fingerprint density at radius 2 is 2.10 bits per heavy atom. The van der Waals surface area contributed by atoms with Gasteiger partial charge in [0, 0.05) is 18.8 Å². The van der Waals surface area contributed by atoms with Gasteiger partial charge in [0.15, 0.2) is 0 Å². The molecule has 1 rings (SSSR count). The molecule has 0 unspecified atom stereocenters. The number of hydrogen-bond donors (Lipinski definition) is 0. The first-order valence-corrected chi connectivity index (χ1v) is 7.46. The quantitative estimate of drug-likeness (QED) is 0.525. The zero-order chi connectivity index (χ0) is 15.1. The first-order valence-electron chi connectivity index (χ1n) is 7.46. The Morgan fingerprint density at radius 1 is 1.40 bits per heavy atom. The summed E-state index contributed by atoms with van der Waals surface area (Å²) in [5, 5.41) is 0. The molecule has 0 radical (unpaired) electrons. The van der Waals surface area contributed by atoms with E-state index in [9.17, 15) is 9.59 Å². The van der Waals surface area contributed by atoms with Crippen molar-refractivity contribution in [3.63, 3.8) is 0 Å². The number of ketones is 1. The Balaban J connectivity index is 2.46. The van der Waals surface area contributed by atoms with Crippen LogP contribution in [0.1, 0.15) is 52.9 Å². The van der Waals surface area contributed by atoms with Gasteiger partial charge in [-0.1, -0.05) is 23.8 Å². The molecule has 0 N–H and O–H groups in total. The molecule has 0 aromatic carbocycles. The zero-order valence-electron chi connectivity index (χ0n) is 12.9. The van der Waals surface area contributed by atoms with Crippen molar-refractivity contribution in [2.45, 2.75) is 52.9 Å². The first kappa shape index (κ1) is 16.7. The standard InChI is InChI=1S/C17H26O3/c1-5-20-17(19)8-6-7-16(18)15-11-14(12(2)3)10-9-13(15)4/h9,14-15H,2,5-8,10-11H2,1,3-4H3/t14-,15-/m0/s1. The summed E-state index contributed by atoms with van der Waals surface area (Å²) in [6.07, 6.45) is 5.40. The average molecular weight is 278 g/mol. The van der Waals surface area contributed by atoms with Gasteiger partial charge in [-0.05, 0) is 46.0 Å². The summed E-state index contributed by atoms with van der Waals surface area (Å²) in [7, 11) is 0. The normalized spacial score (nSPS) is 22.1. The molecule has 0 aromatic rings. The largest absolute Gasteiger partial charge is 0.466 e. The van der Waals surface area contributed by atoms with Crippen molar-refractivity contribution >= 4 is 11.8 Å². The van der Waals surface area contributed by atoms with Gasteiger partial charge in [0.1, 0.15) is 5.78 Å². The van der Waals surface area contributed by atoms with E-state index in [0.717, 1.165) is 18.4 Å². The maximum Gasteiger partial charge on any atom is 0.305 e. The molecular formula is C17H26O3. The fraction of sp³-hybridized carbons (Fsp3) is 0.647. The Morgan fingerprint density at radius 3 is 2.70 bits per heavy atom. The molecule has 1 aliphatic rings. The van der Waals surface area contributed by atoms with Gasteiger partial charge in [-0.2, -0.15) is 0 Å². The van der Waals surface area contributed by atoms with E-state index in [1.807, 2.05) is 13.8 Å². The van der Waals surface area contributed by atoms with Crippen LogP contribution in [0.2, 0.25) is 0 Å². The second-order valence-corrected chi connectivity index (χ2v) is 5.64. The summed E-state index contributed by atoms with van der Waals surface area (Å²) in [5.41, 5.74) is 2.32. The summed E-state index contributed by atoms with van der Waals surface area (Å²) in [6.45, 7) is 10.3. The van der Waals surface area contributed by atoms with Crippen LogP contribution in [0.25, 0.3) is 0 Å².